The largest absolute Gasteiger partial charge is 0.373 e. The number of nitrogens with zero attached hydrogens (tertiary/aromatic N) is 2. The Morgan fingerprint density at radius 1 is 1.14 bits per heavy atom. The van der Waals surface area contributed by atoms with E-state index in [0.717, 1.165) is 12.0 Å². The van der Waals surface area contributed by atoms with Crippen molar-refractivity contribution in [2.24, 2.45) is 0 Å². The van der Waals surface area contributed by atoms with Gasteiger partial charge < -0.3 is 4.74 Å². The molecule has 5 nitrogen and oxygen atoms in total. The van der Waals surface area contributed by atoms with Crippen molar-refractivity contribution in [2.75, 3.05) is 20.1 Å². The number of benzene rings is 1. The quantitative estimate of drug-likeness (QED) is 0.832. The number of hydrogen-bond acceptors (Lipinski definition) is 3. The zero-order valence-electron chi connectivity index (χ0n) is 13.8. The summed E-state index contributed by atoms with van der Waals surface area (Å²) in [5, 5.41) is 0. The number of aryl methyl sites for hydroxylation is 1. The first-order chi connectivity index (χ1) is 10.3. The summed E-state index contributed by atoms with van der Waals surface area (Å²) in [4.78, 5) is 0. The molecule has 6 heteroatoms. The Balaban J connectivity index is 2.07. The van der Waals surface area contributed by atoms with Crippen molar-refractivity contribution in [3.05, 3.63) is 35.4 Å². The number of hydrogen-bond donors (Lipinski definition) is 0. The standard InChI is InChI=1S/C16H26N2O3S/c1-5-15-6-8-16(9-7-15)12-17(4)22(19,20)18-10-13(2)21-14(3)11-18/h6-9,13-14H,5,10-12H2,1-4H3. The first-order valence-corrected chi connectivity index (χ1v) is 9.17. The summed E-state index contributed by atoms with van der Waals surface area (Å²) in [7, 11) is -1.82. The van der Waals surface area contributed by atoms with E-state index < -0.39 is 10.2 Å². The molecule has 22 heavy (non-hydrogen) atoms. The van der Waals surface area contributed by atoms with Crippen LogP contribution >= 0.6 is 0 Å². The molecule has 2 unspecified atom stereocenters. The minimum absolute atomic E-state index is 0.0734. The third-order valence-electron chi connectivity index (χ3n) is 3.94. The van der Waals surface area contributed by atoms with Crippen LogP contribution in [0.5, 0.6) is 0 Å². The van der Waals surface area contributed by atoms with Crippen molar-refractivity contribution >= 4 is 10.2 Å². The molecule has 0 N–H and O–H groups in total. The number of ether oxygens (including phenoxy) is 1. The minimum Gasteiger partial charge on any atom is -0.373 e. The van der Waals surface area contributed by atoms with Crippen LogP contribution in [0.3, 0.4) is 0 Å². The van der Waals surface area contributed by atoms with E-state index >= 15 is 0 Å². The number of rotatable bonds is 5. The smallest absolute Gasteiger partial charge is 0.282 e. The molecule has 0 bridgehead atoms. The fourth-order valence-corrected chi connectivity index (χ4v) is 4.24. The number of morpholine rings is 1. The van der Waals surface area contributed by atoms with Gasteiger partial charge in [0.25, 0.3) is 10.2 Å². The Kier molecular flexibility index (Phi) is 5.60. The third-order valence-corrected chi connectivity index (χ3v) is 5.81. The molecular weight excluding hydrogens is 300 g/mol. The van der Waals surface area contributed by atoms with E-state index in [9.17, 15) is 8.42 Å². The minimum atomic E-state index is -3.46. The molecule has 0 aromatic heterocycles. The molecule has 1 aliphatic heterocycles. The van der Waals surface area contributed by atoms with Crippen LogP contribution in [0.25, 0.3) is 0 Å². The second-order valence-electron chi connectivity index (χ2n) is 6.01. The van der Waals surface area contributed by atoms with Gasteiger partial charge in [0.15, 0.2) is 0 Å². The van der Waals surface area contributed by atoms with Gasteiger partial charge in [-0.05, 0) is 31.4 Å². The van der Waals surface area contributed by atoms with Crippen LogP contribution in [0, 0.1) is 0 Å². The molecule has 1 aromatic rings. The summed E-state index contributed by atoms with van der Waals surface area (Å²) in [6, 6.07) is 8.09. The maximum absolute atomic E-state index is 12.7. The van der Waals surface area contributed by atoms with E-state index in [0.29, 0.717) is 19.6 Å². The Hall–Kier alpha value is -0.950. The second-order valence-corrected chi connectivity index (χ2v) is 8.04. The van der Waals surface area contributed by atoms with Gasteiger partial charge in [0.05, 0.1) is 12.2 Å². The van der Waals surface area contributed by atoms with Gasteiger partial charge in [-0.3, -0.25) is 0 Å². The molecule has 1 aliphatic rings. The zero-order chi connectivity index (χ0) is 16.3. The van der Waals surface area contributed by atoms with Crippen molar-refractivity contribution in [3.63, 3.8) is 0 Å². The highest BCUT2D eigenvalue weighted by Crippen LogP contribution is 2.18. The summed E-state index contributed by atoms with van der Waals surface area (Å²) in [6.45, 7) is 7.11. The van der Waals surface area contributed by atoms with Gasteiger partial charge >= 0.3 is 0 Å². The predicted octanol–water partition coefficient (Wildman–Crippen LogP) is 2.03. The van der Waals surface area contributed by atoms with Gasteiger partial charge in [0.1, 0.15) is 0 Å². The Labute approximate surface area is 134 Å². The van der Waals surface area contributed by atoms with Gasteiger partial charge in [0, 0.05) is 26.7 Å². The zero-order valence-corrected chi connectivity index (χ0v) is 14.6. The van der Waals surface area contributed by atoms with E-state index in [-0.39, 0.29) is 12.2 Å². The van der Waals surface area contributed by atoms with Crippen LogP contribution in [-0.4, -0.2) is 49.4 Å². The Bertz CT molecular complexity index is 576. The normalized spacial score (nSPS) is 23.9. The molecule has 0 spiro atoms. The van der Waals surface area contributed by atoms with Crippen LogP contribution in [0.1, 0.15) is 31.9 Å². The fourth-order valence-electron chi connectivity index (χ4n) is 2.74. The average Bonchev–Trinajstić information content (AvgIpc) is 2.47. The molecule has 0 aliphatic carbocycles. The van der Waals surface area contributed by atoms with Crippen molar-refractivity contribution in [3.8, 4) is 0 Å². The maximum atomic E-state index is 12.7. The van der Waals surface area contributed by atoms with Crippen LogP contribution < -0.4 is 0 Å². The van der Waals surface area contributed by atoms with Gasteiger partial charge in [0.2, 0.25) is 0 Å². The van der Waals surface area contributed by atoms with Gasteiger partial charge in [-0.15, -0.1) is 0 Å². The maximum Gasteiger partial charge on any atom is 0.282 e. The molecule has 1 heterocycles. The predicted molar refractivity (Wildman–Crippen MR) is 87.8 cm³/mol. The SMILES string of the molecule is CCc1ccc(CN(C)S(=O)(=O)N2CC(C)OC(C)C2)cc1. The molecule has 1 fully saturated rings. The molecule has 0 radical (unpaired) electrons. The van der Waals surface area contributed by atoms with E-state index in [4.69, 9.17) is 4.74 Å². The van der Waals surface area contributed by atoms with Gasteiger partial charge in [-0.1, -0.05) is 31.2 Å². The summed E-state index contributed by atoms with van der Waals surface area (Å²) in [5.41, 5.74) is 2.25. The molecule has 1 saturated heterocycles. The van der Waals surface area contributed by atoms with Crippen LogP contribution in [0.15, 0.2) is 24.3 Å². The summed E-state index contributed by atoms with van der Waals surface area (Å²) in [6.07, 6.45) is 0.837. The van der Waals surface area contributed by atoms with E-state index in [1.54, 1.807) is 7.05 Å². The lowest BCUT2D eigenvalue weighted by Crippen LogP contribution is -2.52. The van der Waals surface area contributed by atoms with E-state index in [1.165, 1.54) is 14.2 Å². The summed E-state index contributed by atoms with van der Waals surface area (Å²) >= 11 is 0. The monoisotopic (exact) mass is 326 g/mol. The van der Waals surface area contributed by atoms with Gasteiger partial charge in [-0.2, -0.15) is 17.0 Å². The topological polar surface area (TPSA) is 49.9 Å². The lowest BCUT2D eigenvalue weighted by Gasteiger charge is -2.36. The molecule has 0 amide bonds. The van der Waals surface area contributed by atoms with E-state index in [2.05, 4.69) is 19.1 Å². The molecule has 2 atom stereocenters. The Morgan fingerprint density at radius 2 is 1.64 bits per heavy atom. The second kappa shape index (κ2) is 7.08. The first-order valence-electron chi connectivity index (χ1n) is 7.77. The highest BCUT2D eigenvalue weighted by atomic mass is 32.2. The molecule has 124 valence electrons. The van der Waals surface area contributed by atoms with Crippen molar-refractivity contribution in [1.29, 1.82) is 0 Å². The molecule has 0 saturated carbocycles. The van der Waals surface area contributed by atoms with Crippen molar-refractivity contribution in [2.45, 2.75) is 45.9 Å². The highest BCUT2D eigenvalue weighted by Gasteiger charge is 2.33. The van der Waals surface area contributed by atoms with Crippen LogP contribution in [0.4, 0.5) is 0 Å². The first kappa shape index (κ1) is 17.4. The summed E-state index contributed by atoms with van der Waals surface area (Å²) in [5.74, 6) is 0. The van der Waals surface area contributed by atoms with E-state index in [1.807, 2.05) is 26.0 Å². The molecule has 1 aromatic carbocycles. The molecular formula is C16H26N2O3S. The van der Waals surface area contributed by atoms with Gasteiger partial charge in [-0.25, -0.2) is 0 Å². The van der Waals surface area contributed by atoms with Crippen LogP contribution in [-0.2, 0) is 27.9 Å². The molecule has 2 rings (SSSR count). The highest BCUT2D eigenvalue weighted by molar-refractivity contribution is 7.86. The lowest BCUT2D eigenvalue weighted by molar-refractivity contribution is -0.0453. The van der Waals surface area contributed by atoms with Crippen molar-refractivity contribution in [1.82, 2.24) is 8.61 Å². The summed E-state index contributed by atoms with van der Waals surface area (Å²) < 4.78 is 33.9. The van der Waals surface area contributed by atoms with Crippen molar-refractivity contribution < 1.29 is 13.2 Å². The lowest BCUT2D eigenvalue weighted by atomic mass is 10.1. The Morgan fingerprint density at radius 3 is 2.14 bits per heavy atom. The third kappa shape index (κ3) is 4.07. The fraction of sp³-hybridized carbons (Fsp3) is 0.625. The van der Waals surface area contributed by atoms with Crippen LogP contribution in [0.2, 0.25) is 0 Å². The average molecular weight is 326 g/mol.